The third kappa shape index (κ3) is 2.40. The van der Waals surface area contributed by atoms with Gasteiger partial charge in [-0.3, -0.25) is 9.59 Å². The summed E-state index contributed by atoms with van der Waals surface area (Å²) >= 11 is 0. The monoisotopic (exact) mass is 272 g/mol. The number of hydrogen-bond donors (Lipinski definition) is 0. The first-order valence-electron chi connectivity index (χ1n) is 6.75. The van der Waals surface area contributed by atoms with Crippen molar-refractivity contribution in [1.82, 2.24) is 0 Å². The van der Waals surface area contributed by atoms with Gasteiger partial charge in [-0.2, -0.15) is 0 Å². The van der Waals surface area contributed by atoms with Crippen molar-refractivity contribution in [3.63, 3.8) is 0 Å². The summed E-state index contributed by atoms with van der Waals surface area (Å²) in [5.74, 6) is -0.534. The number of carbonyl (C=O) groups is 2. The van der Waals surface area contributed by atoms with Crippen molar-refractivity contribution in [3.05, 3.63) is 42.0 Å². The molecule has 1 aromatic carbocycles. The molecule has 1 fully saturated rings. The molecule has 0 amide bonds. The van der Waals surface area contributed by atoms with Crippen LogP contribution in [0, 0.1) is 10.8 Å². The highest BCUT2D eigenvalue weighted by Crippen LogP contribution is 2.40. The van der Waals surface area contributed by atoms with E-state index in [1.807, 2.05) is 50.3 Å². The summed E-state index contributed by atoms with van der Waals surface area (Å²) in [5.41, 5.74) is -0.778. The number of cyclic esters (lactones) is 1. The zero-order chi connectivity index (χ0) is 15.0. The highest BCUT2D eigenvalue weighted by molar-refractivity contribution is 6.07. The standard InChI is InChI=1S/C17H20O3/c1-16(2)13(11-10-12-8-6-5-7-9-12)20-15(19)17(3,4)14(16)18/h5-11,13H,1-4H3/t13-/m0/s1. The van der Waals surface area contributed by atoms with E-state index < -0.39 is 22.9 Å². The van der Waals surface area contributed by atoms with Gasteiger partial charge in [-0.1, -0.05) is 36.4 Å². The maximum atomic E-state index is 12.5. The molecule has 0 aromatic heterocycles. The Kier molecular flexibility index (Phi) is 3.55. The van der Waals surface area contributed by atoms with E-state index in [4.69, 9.17) is 4.74 Å². The number of benzene rings is 1. The van der Waals surface area contributed by atoms with Crippen LogP contribution in [-0.2, 0) is 14.3 Å². The van der Waals surface area contributed by atoms with Gasteiger partial charge in [0.1, 0.15) is 11.5 Å². The fourth-order valence-corrected chi connectivity index (χ4v) is 2.48. The maximum Gasteiger partial charge on any atom is 0.319 e. The zero-order valence-corrected chi connectivity index (χ0v) is 12.3. The molecule has 0 aliphatic carbocycles. The zero-order valence-electron chi connectivity index (χ0n) is 12.3. The molecule has 0 radical (unpaired) electrons. The molecule has 1 heterocycles. The lowest BCUT2D eigenvalue weighted by molar-refractivity contribution is -0.181. The highest BCUT2D eigenvalue weighted by Gasteiger charge is 2.54. The van der Waals surface area contributed by atoms with Crippen molar-refractivity contribution in [3.8, 4) is 0 Å². The molecule has 0 bridgehead atoms. The molecule has 0 N–H and O–H groups in total. The van der Waals surface area contributed by atoms with Crippen molar-refractivity contribution in [2.75, 3.05) is 0 Å². The molecular formula is C17H20O3. The molecule has 0 unspecified atom stereocenters. The Morgan fingerprint density at radius 2 is 1.65 bits per heavy atom. The van der Waals surface area contributed by atoms with E-state index in [1.165, 1.54) is 0 Å². The third-order valence-corrected chi connectivity index (χ3v) is 3.87. The Morgan fingerprint density at radius 1 is 1.05 bits per heavy atom. The fraction of sp³-hybridized carbons (Fsp3) is 0.412. The van der Waals surface area contributed by atoms with Gasteiger partial charge < -0.3 is 4.74 Å². The van der Waals surface area contributed by atoms with Crippen molar-refractivity contribution >= 4 is 17.8 Å². The van der Waals surface area contributed by atoms with E-state index in [9.17, 15) is 9.59 Å². The minimum atomic E-state index is -1.07. The second-order valence-electron chi connectivity index (χ2n) is 6.27. The number of Topliss-reactive ketones (excluding diaryl/α,β-unsaturated/α-hetero) is 1. The highest BCUT2D eigenvalue weighted by atomic mass is 16.5. The van der Waals surface area contributed by atoms with Crippen LogP contribution < -0.4 is 0 Å². The predicted molar refractivity (Wildman–Crippen MR) is 77.9 cm³/mol. The lowest BCUT2D eigenvalue weighted by Gasteiger charge is -2.41. The first-order valence-corrected chi connectivity index (χ1v) is 6.75. The van der Waals surface area contributed by atoms with E-state index in [1.54, 1.807) is 19.9 Å². The normalized spacial score (nSPS) is 24.7. The SMILES string of the molecule is CC1(C)C(=O)O[C@@H](C=Cc2ccccc2)C(C)(C)C1=O. The summed E-state index contributed by atoms with van der Waals surface area (Å²) in [4.78, 5) is 24.4. The van der Waals surface area contributed by atoms with Gasteiger partial charge in [-0.15, -0.1) is 0 Å². The average Bonchev–Trinajstić information content (AvgIpc) is 2.41. The number of hydrogen-bond acceptors (Lipinski definition) is 3. The van der Waals surface area contributed by atoms with Crippen molar-refractivity contribution in [1.29, 1.82) is 0 Å². The number of rotatable bonds is 2. The molecule has 106 valence electrons. The molecule has 1 saturated heterocycles. The van der Waals surface area contributed by atoms with Crippen LogP contribution >= 0.6 is 0 Å². The number of ketones is 1. The summed E-state index contributed by atoms with van der Waals surface area (Å²) < 4.78 is 5.46. The maximum absolute atomic E-state index is 12.5. The van der Waals surface area contributed by atoms with Crippen molar-refractivity contribution in [2.45, 2.75) is 33.8 Å². The fourth-order valence-electron chi connectivity index (χ4n) is 2.48. The van der Waals surface area contributed by atoms with Crippen LogP contribution in [0.5, 0.6) is 0 Å². The second kappa shape index (κ2) is 4.89. The lowest BCUT2D eigenvalue weighted by Crippen LogP contribution is -2.55. The lowest BCUT2D eigenvalue weighted by atomic mass is 9.68. The third-order valence-electron chi connectivity index (χ3n) is 3.87. The molecular weight excluding hydrogens is 252 g/mol. The molecule has 3 heteroatoms. The minimum absolute atomic E-state index is 0.0797. The average molecular weight is 272 g/mol. The van der Waals surface area contributed by atoms with Gasteiger partial charge in [0.2, 0.25) is 0 Å². The molecule has 20 heavy (non-hydrogen) atoms. The Balaban J connectivity index is 2.27. The van der Waals surface area contributed by atoms with Gasteiger partial charge in [-0.25, -0.2) is 0 Å². The predicted octanol–water partition coefficient (Wildman–Crippen LogP) is 3.25. The van der Waals surface area contributed by atoms with Crippen LogP contribution in [0.3, 0.4) is 0 Å². The topological polar surface area (TPSA) is 43.4 Å². The van der Waals surface area contributed by atoms with Gasteiger partial charge in [0.25, 0.3) is 0 Å². The van der Waals surface area contributed by atoms with Crippen LogP contribution in [-0.4, -0.2) is 17.9 Å². The van der Waals surface area contributed by atoms with E-state index in [-0.39, 0.29) is 5.78 Å². The van der Waals surface area contributed by atoms with E-state index >= 15 is 0 Å². The number of carbonyl (C=O) groups excluding carboxylic acids is 2. The molecule has 2 rings (SSSR count). The summed E-state index contributed by atoms with van der Waals surface area (Å²) in [7, 11) is 0. The molecule has 1 atom stereocenters. The van der Waals surface area contributed by atoms with Gasteiger partial charge in [0.05, 0.1) is 5.41 Å². The number of esters is 1. The Hall–Kier alpha value is -1.90. The minimum Gasteiger partial charge on any atom is -0.456 e. The Morgan fingerprint density at radius 3 is 2.25 bits per heavy atom. The largest absolute Gasteiger partial charge is 0.456 e. The molecule has 1 aliphatic rings. The van der Waals surface area contributed by atoms with Gasteiger partial charge in [-0.05, 0) is 39.3 Å². The quantitative estimate of drug-likeness (QED) is 0.613. The Bertz CT molecular complexity index is 553. The van der Waals surface area contributed by atoms with E-state index in [0.29, 0.717) is 0 Å². The smallest absolute Gasteiger partial charge is 0.319 e. The van der Waals surface area contributed by atoms with Gasteiger partial charge >= 0.3 is 5.97 Å². The van der Waals surface area contributed by atoms with Crippen LogP contribution in [0.2, 0.25) is 0 Å². The summed E-state index contributed by atoms with van der Waals surface area (Å²) in [5, 5.41) is 0. The van der Waals surface area contributed by atoms with Crippen LogP contribution in [0.4, 0.5) is 0 Å². The van der Waals surface area contributed by atoms with E-state index in [0.717, 1.165) is 5.56 Å². The first kappa shape index (κ1) is 14.5. The molecule has 0 saturated carbocycles. The summed E-state index contributed by atoms with van der Waals surface area (Å²) in [6.45, 7) is 6.89. The first-order chi connectivity index (χ1) is 9.26. The number of ether oxygens (including phenoxy) is 1. The van der Waals surface area contributed by atoms with Crippen molar-refractivity contribution in [2.24, 2.45) is 10.8 Å². The van der Waals surface area contributed by atoms with Crippen LogP contribution in [0.1, 0.15) is 33.3 Å². The summed E-state index contributed by atoms with van der Waals surface area (Å²) in [6, 6.07) is 9.73. The molecule has 1 aliphatic heterocycles. The van der Waals surface area contributed by atoms with Crippen LogP contribution in [0.15, 0.2) is 36.4 Å². The van der Waals surface area contributed by atoms with Crippen LogP contribution in [0.25, 0.3) is 6.08 Å². The van der Waals surface area contributed by atoms with Crippen molar-refractivity contribution < 1.29 is 14.3 Å². The second-order valence-corrected chi connectivity index (χ2v) is 6.27. The molecule has 1 aromatic rings. The van der Waals surface area contributed by atoms with Gasteiger partial charge in [0.15, 0.2) is 5.78 Å². The van der Waals surface area contributed by atoms with E-state index in [2.05, 4.69) is 0 Å². The Labute approximate surface area is 119 Å². The molecule has 3 nitrogen and oxygen atoms in total. The summed E-state index contributed by atoms with van der Waals surface area (Å²) in [6.07, 6.45) is 3.14. The van der Waals surface area contributed by atoms with Gasteiger partial charge in [0, 0.05) is 0 Å². The molecule has 0 spiro atoms.